The fourth-order valence-corrected chi connectivity index (χ4v) is 1.68. The standard InChI is InChI=1S/C12H20N2O2/c1-3-14(8-5-9-15)10-12(16)11-6-4-7-13(11)2/h4,6-7,15H,3,5,8-10H2,1-2H3. The van der Waals surface area contributed by atoms with Gasteiger partial charge in [0.25, 0.3) is 0 Å². The van der Waals surface area contributed by atoms with Gasteiger partial charge < -0.3 is 9.67 Å². The molecule has 0 atom stereocenters. The van der Waals surface area contributed by atoms with Crippen LogP contribution in [0.4, 0.5) is 0 Å². The summed E-state index contributed by atoms with van der Waals surface area (Å²) in [6, 6.07) is 3.71. The van der Waals surface area contributed by atoms with Crippen LogP contribution in [0, 0.1) is 0 Å². The molecule has 1 aromatic heterocycles. The second kappa shape index (κ2) is 6.45. The monoisotopic (exact) mass is 224 g/mol. The van der Waals surface area contributed by atoms with Crippen molar-refractivity contribution in [2.24, 2.45) is 7.05 Å². The molecule has 0 fully saturated rings. The molecule has 0 aliphatic rings. The summed E-state index contributed by atoms with van der Waals surface area (Å²) >= 11 is 0. The van der Waals surface area contributed by atoms with Gasteiger partial charge in [0.1, 0.15) is 0 Å². The fraction of sp³-hybridized carbons (Fsp3) is 0.583. The van der Waals surface area contributed by atoms with Gasteiger partial charge in [-0.3, -0.25) is 9.69 Å². The van der Waals surface area contributed by atoms with E-state index in [1.807, 2.05) is 41.8 Å². The summed E-state index contributed by atoms with van der Waals surface area (Å²) in [5, 5.41) is 8.76. The van der Waals surface area contributed by atoms with Crippen LogP contribution >= 0.6 is 0 Å². The second-order valence-corrected chi connectivity index (χ2v) is 3.87. The van der Waals surface area contributed by atoms with Crippen LogP contribution in [-0.2, 0) is 7.05 Å². The number of hydrogen-bond acceptors (Lipinski definition) is 3. The Kier molecular flexibility index (Phi) is 5.22. The molecular formula is C12H20N2O2. The third-order valence-corrected chi connectivity index (χ3v) is 2.68. The number of aryl methyl sites for hydroxylation is 1. The molecule has 90 valence electrons. The minimum Gasteiger partial charge on any atom is -0.396 e. The van der Waals surface area contributed by atoms with E-state index in [0.29, 0.717) is 13.0 Å². The summed E-state index contributed by atoms with van der Waals surface area (Å²) in [5.41, 5.74) is 0.738. The van der Waals surface area contributed by atoms with Crippen LogP contribution in [0.25, 0.3) is 0 Å². The lowest BCUT2D eigenvalue weighted by molar-refractivity contribution is 0.0920. The number of nitrogens with zero attached hydrogens (tertiary/aromatic N) is 2. The van der Waals surface area contributed by atoms with Crippen molar-refractivity contribution >= 4 is 5.78 Å². The van der Waals surface area contributed by atoms with E-state index in [1.165, 1.54) is 0 Å². The van der Waals surface area contributed by atoms with Crippen LogP contribution in [0.5, 0.6) is 0 Å². The van der Waals surface area contributed by atoms with E-state index >= 15 is 0 Å². The van der Waals surface area contributed by atoms with Crippen molar-refractivity contribution in [3.63, 3.8) is 0 Å². The first kappa shape index (κ1) is 12.9. The highest BCUT2D eigenvalue weighted by atomic mass is 16.3. The molecule has 1 N–H and O–H groups in total. The molecular weight excluding hydrogens is 204 g/mol. The van der Waals surface area contributed by atoms with E-state index < -0.39 is 0 Å². The number of likely N-dealkylation sites (N-methyl/N-ethyl adjacent to an activating group) is 1. The van der Waals surface area contributed by atoms with Gasteiger partial charge in [-0.1, -0.05) is 6.92 Å². The van der Waals surface area contributed by atoms with Gasteiger partial charge in [0, 0.05) is 26.4 Å². The maximum atomic E-state index is 11.9. The Morgan fingerprint density at radius 3 is 2.81 bits per heavy atom. The summed E-state index contributed by atoms with van der Waals surface area (Å²) in [5.74, 6) is 0.132. The number of aliphatic hydroxyl groups is 1. The average molecular weight is 224 g/mol. The average Bonchev–Trinajstić information content (AvgIpc) is 2.70. The van der Waals surface area contributed by atoms with Crippen molar-refractivity contribution in [3.8, 4) is 0 Å². The highest BCUT2D eigenvalue weighted by Crippen LogP contribution is 2.03. The number of Topliss-reactive ketones (excluding diaryl/α,β-unsaturated/α-hetero) is 1. The SMILES string of the molecule is CCN(CCCO)CC(=O)c1cccn1C. The van der Waals surface area contributed by atoms with Gasteiger partial charge in [0.2, 0.25) is 0 Å². The molecule has 0 amide bonds. The van der Waals surface area contributed by atoms with Crippen LogP contribution in [0.3, 0.4) is 0 Å². The summed E-state index contributed by atoms with van der Waals surface area (Å²) in [6.07, 6.45) is 2.59. The third-order valence-electron chi connectivity index (χ3n) is 2.68. The molecule has 1 aromatic rings. The van der Waals surface area contributed by atoms with E-state index in [1.54, 1.807) is 0 Å². The van der Waals surface area contributed by atoms with Crippen LogP contribution in [0.15, 0.2) is 18.3 Å². The first-order chi connectivity index (χ1) is 7.69. The van der Waals surface area contributed by atoms with E-state index in [9.17, 15) is 4.79 Å². The molecule has 0 bridgehead atoms. The molecule has 4 nitrogen and oxygen atoms in total. The number of aliphatic hydroxyl groups excluding tert-OH is 1. The Bertz CT molecular complexity index is 334. The number of carbonyl (C=O) groups is 1. The van der Waals surface area contributed by atoms with E-state index in [4.69, 9.17) is 5.11 Å². The highest BCUT2D eigenvalue weighted by molar-refractivity contribution is 5.96. The predicted octanol–water partition coefficient (Wildman–Crippen LogP) is 0.912. The minimum atomic E-state index is 0.132. The predicted molar refractivity (Wildman–Crippen MR) is 63.6 cm³/mol. The maximum absolute atomic E-state index is 11.9. The van der Waals surface area contributed by atoms with Crippen LogP contribution in [0.2, 0.25) is 0 Å². The first-order valence-electron chi connectivity index (χ1n) is 5.66. The molecule has 16 heavy (non-hydrogen) atoms. The minimum absolute atomic E-state index is 0.132. The van der Waals surface area contributed by atoms with Gasteiger partial charge in [-0.25, -0.2) is 0 Å². The van der Waals surface area contributed by atoms with Crippen molar-refractivity contribution in [1.29, 1.82) is 0 Å². The maximum Gasteiger partial charge on any atom is 0.193 e. The zero-order valence-corrected chi connectivity index (χ0v) is 10.0. The van der Waals surface area contributed by atoms with Crippen molar-refractivity contribution in [2.75, 3.05) is 26.2 Å². The summed E-state index contributed by atoms with van der Waals surface area (Å²) in [6.45, 7) is 4.22. The zero-order valence-electron chi connectivity index (χ0n) is 10.0. The lowest BCUT2D eigenvalue weighted by atomic mass is 10.2. The molecule has 1 heterocycles. The molecule has 0 saturated heterocycles. The van der Waals surface area contributed by atoms with Gasteiger partial charge in [0.15, 0.2) is 5.78 Å². The Labute approximate surface area is 96.5 Å². The normalized spacial score (nSPS) is 11.0. The van der Waals surface area contributed by atoms with Gasteiger partial charge in [-0.2, -0.15) is 0 Å². The molecule has 0 aromatic carbocycles. The highest BCUT2D eigenvalue weighted by Gasteiger charge is 2.12. The number of ketones is 1. The van der Waals surface area contributed by atoms with Crippen molar-refractivity contribution in [3.05, 3.63) is 24.0 Å². The van der Waals surface area contributed by atoms with Crippen LogP contribution < -0.4 is 0 Å². The fourth-order valence-electron chi connectivity index (χ4n) is 1.68. The molecule has 1 rings (SSSR count). The van der Waals surface area contributed by atoms with Gasteiger partial charge in [-0.15, -0.1) is 0 Å². The van der Waals surface area contributed by atoms with Crippen molar-refractivity contribution < 1.29 is 9.90 Å². The topological polar surface area (TPSA) is 45.5 Å². The quantitative estimate of drug-likeness (QED) is 0.700. The Morgan fingerprint density at radius 1 is 1.56 bits per heavy atom. The number of carbonyl (C=O) groups excluding carboxylic acids is 1. The van der Waals surface area contributed by atoms with Crippen molar-refractivity contribution in [2.45, 2.75) is 13.3 Å². The van der Waals surface area contributed by atoms with E-state index in [2.05, 4.69) is 0 Å². The molecule has 0 saturated carbocycles. The lowest BCUT2D eigenvalue weighted by Crippen LogP contribution is -2.31. The Hall–Kier alpha value is -1.13. The molecule has 0 radical (unpaired) electrons. The van der Waals surface area contributed by atoms with E-state index in [0.717, 1.165) is 18.8 Å². The Balaban J connectivity index is 2.52. The number of rotatable bonds is 7. The Morgan fingerprint density at radius 2 is 2.31 bits per heavy atom. The second-order valence-electron chi connectivity index (χ2n) is 3.87. The smallest absolute Gasteiger partial charge is 0.193 e. The van der Waals surface area contributed by atoms with Crippen LogP contribution in [0.1, 0.15) is 23.8 Å². The molecule has 0 spiro atoms. The first-order valence-corrected chi connectivity index (χ1v) is 5.66. The van der Waals surface area contributed by atoms with E-state index in [-0.39, 0.29) is 12.4 Å². The zero-order chi connectivity index (χ0) is 12.0. The van der Waals surface area contributed by atoms with Gasteiger partial charge in [0.05, 0.1) is 12.2 Å². The van der Waals surface area contributed by atoms with Crippen LogP contribution in [-0.4, -0.2) is 46.6 Å². The van der Waals surface area contributed by atoms with Gasteiger partial charge in [-0.05, 0) is 25.1 Å². The molecule has 0 aliphatic heterocycles. The largest absolute Gasteiger partial charge is 0.396 e. The third kappa shape index (κ3) is 3.47. The van der Waals surface area contributed by atoms with Gasteiger partial charge >= 0.3 is 0 Å². The molecule has 0 unspecified atom stereocenters. The number of hydrogen-bond donors (Lipinski definition) is 1. The summed E-state index contributed by atoms with van der Waals surface area (Å²) in [7, 11) is 1.87. The summed E-state index contributed by atoms with van der Waals surface area (Å²) in [4.78, 5) is 14.0. The summed E-state index contributed by atoms with van der Waals surface area (Å²) < 4.78 is 1.84. The molecule has 4 heteroatoms. The molecule has 0 aliphatic carbocycles. The number of aromatic nitrogens is 1. The lowest BCUT2D eigenvalue weighted by Gasteiger charge is -2.18. The van der Waals surface area contributed by atoms with Crippen molar-refractivity contribution in [1.82, 2.24) is 9.47 Å².